The fourth-order valence-electron chi connectivity index (χ4n) is 3.61. The van der Waals surface area contributed by atoms with Gasteiger partial charge in [-0.3, -0.25) is 9.10 Å². The minimum absolute atomic E-state index is 0.0784. The van der Waals surface area contributed by atoms with E-state index in [9.17, 15) is 13.2 Å². The highest BCUT2D eigenvalue weighted by atomic mass is 35.5. The molecule has 1 aliphatic rings. The lowest BCUT2D eigenvalue weighted by molar-refractivity contribution is -0.127. The second-order valence-electron chi connectivity index (χ2n) is 7.97. The number of hydrogen-bond donors (Lipinski definition) is 1. The van der Waals surface area contributed by atoms with E-state index in [1.54, 1.807) is 24.3 Å². The van der Waals surface area contributed by atoms with Gasteiger partial charge in [0.05, 0.1) is 23.7 Å². The number of anilines is 1. The van der Waals surface area contributed by atoms with Crippen LogP contribution in [0.15, 0.2) is 71.6 Å². The molecule has 0 aliphatic carbocycles. The normalized spacial score (nSPS) is 15.3. The van der Waals surface area contributed by atoms with Gasteiger partial charge in [0.15, 0.2) is 6.10 Å². The van der Waals surface area contributed by atoms with Crippen molar-refractivity contribution in [1.29, 1.82) is 0 Å². The highest BCUT2D eigenvalue weighted by molar-refractivity contribution is 7.92. The molecule has 9 heteroatoms. The van der Waals surface area contributed by atoms with Crippen molar-refractivity contribution >= 4 is 33.2 Å². The second kappa shape index (κ2) is 9.95. The van der Waals surface area contributed by atoms with Crippen LogP contribution < -0.4 is 19.1 Å². The Bertz CT molecular complexity index is 1290. The van der Waals surface area contributed by atoms with E-state index in [2.05, 4.69) is 5.32 Å². The van der Waals surface area contributed by atoms with Crippen LogP contribution >= 0.6 is 11.6 Å². The summed E-state index contributed by atoms with van der Waals surface area (Å²) in [5.74, 6) is 0.658. The van der Waals surface area contributed by atoms with Crippen LogP contribution in [0.5, 0.6) is 11.5 Å². The number of fused-ring (bicyclic) bond motifs is 1. The molecule has 0 spiro atoms. The van der Waals surface area contributed by atoms with Gasteiger partial charge < -0.3 is 14.8 Å². The molecule has 0 unspecified atom stereocenters. The van der Waals surface area contributed by atoms with E-state index in [1.165, 1.54) is 28.6 Å². The highest BCUT2D eigenvalue weighted by Crippen LogP contribution is 2.37. The van der Waals surface area contributed by atoms with Gasteiger partial charge in [0, 0.05) is 5.02 Å². The fraction of sp³-hybridized carbons (Fsp3) is 0.240. The lowest BCUT2D eigenvalue weighted by Crippen LogP contribution is -2.51. The van der Waals surface area contributed by atoms with Gasteiger partial charge in [0.1, 0.15) is 18.1 Å². The molecule has 4 rings (SSSR count). The molecule has 0 fully saturated rings. The predicted octanol–water partition coefficient (Wildman–Crippen LogP) is 4.11. The number of amides is 1. The van der Waals surface area contributed by atoms with Crippen molar-refractivity contribution in [2.75, 3.05) is 24.0 Å². The number of hydrogen-bond acceptors (Lipinski definition) is 5. The number of benzene rings is 3. The summed E-state index contributed by atoms with van der Waals surface area (Å²) >= 11 is 5.92. The molecule has 1 N–H and O–H groups in total. The van der Waals surface area contributed by atoms with Crippen LogP contribution in [0.25, 0.3) is 0 Å². The van der Waals surface area contributed by atoms with Crippen molar-refractivity contribution < 1.29 is 22.7 Å². The lowest BCUT2D eigenvalue weighted by atomic mass is 10.1. The molecule has 1 amide bonds. The van der Waals surface area contributed by atoms with Crippen LogP contribution in [0.1, 0.15) is 11.1 Å². The summed E-state index contributed by atoms with van der Waals surface area (Å²) in [7, 11) is -3.94. The zero-order valence-electron chi connectivity index (χ0n) is 18.8. The van der Waals surface area contributed by atoms with Gasteiger partial charge in [-0.25, -0.2) is 8.42 Å². The Balaban J connectivity index is 1.46. The zero-order valence-corrected chi connectivity index (χ0v) is 20.4. The van der Waals surface area contributed by atoms with Crippen molar-refractivity contribution in [3.8, 4) is 11.5 Å². The summed E-state index contributed by atoms with van der Waals surface area (Å²) in [4.78, 5) is 12.9. The smallest absolute Gasteiger partial charge is 0.264 e. The van der Waals surface area contributed by atoms with Crippen molar-refractivity contribution in [1.82, 2.24) is 5.32 Å². The lowest BCUT2D eigenvalue weighted by Gasteiger charge is -2.34. The Labute approximate surface area is 204 Å². The van der Waals surface area contributed by atoms with Gasteiger partial charge in [-0.2, -0.15) is 0 Å². The topological polar surface area (TPSA) is 84.9 Å². The van der Waals surface area contributed by atoms with Gasteiger partial charge in [-0.15, -0.1) is 0 Å². The number of halogens is 1. The maximum absolute atomic E-state index is 13.4. The average Bonchev–Trinajstić information content (AvgIpc) is 2.83. The summed E-state index contributed by atoms with van der Waals surface area (Å²) in [5.41, 5.74) is 2.47. The molecule has 0 aromatic heterocycles. The highest BCUT2D eigenvalue weighted by Gasteiger charge is 2.37. The van der Waals surface area contributed by atoms with Crippen LogP contribution in [0, 0.1) is 13.8 Å². The first-order valence-corrected chi connectivity index (χ1v) is 12.6. The fourth-order valence-corrected chi connectivity index (χ4v) is 5.21. The van der Waals surface area contributed by atoms with E-state index in [4.69, 9.17) is 21.1 Å². The number of rotatable bonds is 7. The molecule has 1 aliphatic heterocycles. The average molecular weight is 501 g/mol. The number of sulfonamides is 1. The number of ether oxygens (including phenoxy) is 2. The number of carbonyl (C=O) groups excluding carboxylic acids is 1. The third-order valence-corrected chi connectivity index (χ3v) is 7.48. The molecule has 1 atom stereocenters. The van der Waals surface area contributed by atoms with E-state index < -0.39 is 22.0 Å². The summed E-state index contributed by atoms with van der Waals surface area (Å²) in [6.45, 7) is 4.29. The van der Waals surface area contributed by atoms with Crippen LogP contribution in [0.2, 0.25) is 5.02 Å². The molecule has 0 bridgehead atoms. The molecule has 1 heterocycles. The number of aryl methyl sites for hydroxylation is 2. The first-order chi connectivity index (χ1) is 16.3. The molecular weight excluding hydrogens is 476 g/mol. The van der Waals surface area contributed by atoms with Crippen molar-refractivity contribution in [3.63, 3.8) is 0 Å². The van der Waals surface area contributed by atoms with E-state index in [0.717, 1.165) is 16.9 Å². The number of carbonyl (C=O) groups is 1. The Kier molecular flexibility index (Phi) is 7.00. The number of nitrogens with one attached hydrogen (secondary N) is 1. The molecular formula is C25H25ClN2O5S. The zero-order chi connectivity index (χ0) is 24.3. The quantitative estimate of drug-likeness (QED) is 0.493. The Morgan fingerprint density at radius 1 is 1.12 bits per heavy atom. The molecule has 3 aromatic rings. The molecule has 34 heavy (non-hydrogen) atoms. The molecule has 7 nitrogen and oxygen atoms in total. The SMILES string of the molecule is Cc1ccc(C)c(OCCNC(=O)[C@H]2CN(S(=O)(=O)c3ccc(Cl)cc3)c3ccccc3O2)c1. The first kappa shape index (κ1) is 23.9. The number of nitrogens with zero attached hydrogens (tertiary/aromatic N) is 1. The van der Waals surface area contributed by atoms with Crippen LogP contribution in [-0.4, -0.2) is 40.1 Å². The van der Waals surface area contributed by atoms with E-state index >= 15 is 0 Å². The standard InChI is InChI=1S/C25H25ClN2O5S/c1-17-7-8-18(2)23(15-17)32-14-13-27-25(29)24-16-28(21-5-3-4-6-22(21)33-24)34(30,31)20-11-9-19(26)10-12-20/h3-12,15,24H,13-14,16H2,1-2H3,(H,27,29)/t24-/m1/s1. The molecule has 0 saturated carbocycles. The Morgan fingerprint density at radius 3 is 2.62 bits per heavy atom. The van der Waals surface area contributed by atoms with E-state index in [0.29, 0.717) is 16.5 Å². The predicted molar refractivity (Wildman–Crippen MR) is 131 cm³/mol. The van der Waals surface area contributed by atoms with Crippen LogP contribution in [0.3, 0.4) is 0 Å². The molecule has 0 saturated heterocycles. The summed E-state index contributed by atoms with van der Waals surface area (Å²) in [6.07, 6.45) is -1.02. The van der Waals surface area contributed by atoms with Gasteiger partial charge in [0.25, 0.3) is 15.9 Å². The van der Waals surface area contributed by atoms with Crippen molar-refractivity contribution in [3.05, 3.63) is 82.9 Å². The van der Waals surface area contributed by atoms with Crippen molar-refractivity contribution in [2.24, 2.45) is 0 Å². The molecule has 178 valence electrons. The van der Waals surface area contributed by atoms with Gasteiger partial charge in [-0.05, 0) is 67.4 Å². The summed E-state index contributed by atoms with van der Waals surface area (Å²) in [6, 6.07) is 18.6. The maximum Gasteiger partial charge on any atom is 0.264 e. The maximum atomic E-state index is 13.4. The van der Waals surface area contributed by atoms with Crippen molar-refractivity contribution in [2.45, 2.75) is 24.8 Å². The molecule has 3 aromatic carbocycles. The van der Waals surface area contributed by atoms with Gasteiger partial charge >= 0.3 is 0 Å². The Morgan fingerprint density at radius 2 is 1.85 bits per heavy atom. The third-order valence-electron chi connectivity index (χ3n) is 5.43. The molecule has 0 radical (unpaired) electrons. The first-order valence-electron chi connectivity index (χ1n) is 10.8. The van der Waals surface area contributed by atoms with Crippen LogP contribution in [0.4, 0.5) is 5.69 Å². The summed E-state index contributed by atoms with van der Waals surface area (Å²) in [5, 5.41) is 3.21. The largest absolute Gasteiger partial charge is 0.491 e. The van der Waals surface area contributed by atoms with Gasteiger partial charge in [0.2, 0.25) is 0 Å². The van der Waals surface area contributed by atoms with Gasteiger partial charge in [-0.1, -0.05) is 35.9 Å². The van der Waals surface area contributed by atoms with Crippen LogP contribution in [-0.2, 0) is 14.8 Å². The Hall–Kier alpha value is -3.23. The third kappa shape index (κ3) is 5.13. The second-order valence-corrected chi connectivity index (χ2v) is 10.3. The minimum atomic E-state index is -3.94. The minimum Gasteiger partial charge on any atom is -0.491 e. The summed E-state index contributed by atoms with van der Waals surface area (Å²) < 4.78 is 39.6. The van der Waals surface area contributed by atoms with E-state index in [1.807, 2.05) is 32.0 Å². The number of para-hydroxylation sites is 2. The van der Waals surface area contributed by atoms with E-state index in [-0.39, 0.29) is 24.6 Å². The monoisotopic (exact) mass is 500 g/mol.